The normalized spacial score (nSPS) is 18.1. The van der Waals surface area contributed by atoms with Gasteiger partial charge in [0.2, 0.25) is 0 Å². The van der Waals surface area contributed by atoms with Crippen LogP contribution in [0.2, 0.25) is 0 Å². The van der Waals surface area contributed by atoms with E-state index >= 15 is 0 Å². The average molecular weight is 238 g/mol. The summed E-state index contributed by atoms with van der Waals surface area (Å²) >= 11 is 0. The fourth-order valence-electron chi connectivity index (χ4n) is 1.93. The number of hydrogen-bond acceptors (Lipinski definition) is 0. The van der Waals surface area contributed by atoms with E-state index in [-0.39, 0.29) is 57.3 Å². The third-order valence-electron chi connectivity index (χ3n) is 2.72. The molecule has 15 heavy (non-hydrogen) atoms. The molecule has 0 N–H and O–H groups in total. The van der Waals surface area contributed by atoms with Gasteiger partial charge in [-0.15, -0.1) is 0 Å². The zero-order chi connectivity index (χ0) is 10.2. The van der Waals surface area contributed by atoms with Crippen molar-refractivity contribution in [3.05, 3.63) is 35.9 Å². The summed E-state index contributed by atoms with van der Waals surface area (Å²) in [6.45, 7) is -4.74. The van der Waals surface area contributed by atoms with Gasteiger partial charge in [-0.05, 0) is 5.82 Å². The van der Waals surface area contributed by atoms with Crippen LogP contribution in [0.3, 0.4) is 0 Å². The van der Waals surface area contributed by atoms with Crippen molar-refractivity contribution in [3.63, 3.8) is 0 Å². The molecular weight excluding hydrogens is 227 g/mol. The van der Waals surface area contributed by atoms with Gasteiger partial charge in [-0.3, -0.25) is 0 Å². The van der Waals surface area contributed by atoms with Gasteiger partial charge in [0.1, 0.15) is 0 Å². The number of benzene rings is 1. The van der Waals surface area contributed by atoms with E-state index in [4.69, 9.17) is 0 Å². The fourth-order valence-corrected chi connectivity index (χ4v) is 1.93. The summed E-state index contributed by atoms with van der Waals surface area (Å²) in [5.41, 5.74) is 0.433. The first-order valence-corrected chi connectivity index (χ1v) is 4.84. The smallest absolute Gasteiger partial charge is 0.448 e. The number of halogens is 3. The molecule has 1 aliphatic rings. The van der Waals surface area contributed by atoms with Gasteiger partial charge in [0.05, 0.1) is 0 Å². The zero-order valence-corrected chi connectivity index (χ0v) is 11.8. The minimum absolute atomic E-state index is 0. The monoisotopic (exact) mass is 238 g/mol. The third-order valence-corrected chi connectivity index (χ3v) is 2.72. The molecule has 0 aliphatic heterocycles. The zero-order valence-electron chi connectivity index (χ0n) is 8.67. The van der Waals surface area contributed by atoms with E-state index in [0.29, 0.717) is 5.56 Å². The summed E-state index contributed by atoms with van der Waals surface area (Å²) in [5.74, 6) is -1.34. The van der Waals surface area contributed by atoms with Crippen LogP contribution in [0.1, 0.15) is 24.2 Å². The largest absolute Gasteiger partial charge is 1.00 e. The van der Waals surface area contributed by atoms with Crippen LogP contribution in [-0.4, -0.2) is 6.98 Å². The fraction of sp³-hybridized carbons (Fsp3) is 0.400. The second kappa shape index (κ2) is 5.36. The Morgan fingerprint density at radius 2 is 1.60 bits per heavy atom. The van der Waals surface area contributed by atoms with Crippen LogP contribution in [0.25, 0.3) is 0 Å². The Hall–Kier alpha value is 0.711. The first-order chi connectivity index (χ1) is 6.59. The van der Waals surface area contributed by atoms with Crippen molar-refractivity contribution in [2.75, 3.05) is 0 Å². The van der Waals surface area contributed by atoms with Gasteiger partial charge in [0.15, 0.2) is 0 Å². The van der Waals surface area contributed by atoms with Crippen molar-refractivity contribution >= 4 is 6.98 Å². The molecular formula is C10H11BF3K. The molecule has 1 fully saturated rings. The molecule has 1 aliphatic carbocycles. The van der Waals surface area contributed by atoms with Crippen LogP contribution in [0.5, 0.6) is 0 Å². The summed E-state index contributed by atoms with van der Waals surface area (Å²) in [6.07, 6.45) is 1.45. The summed E-state index contributed by atoms with van der Waals surface area (Å²) in [7, 11) is 0. The topological polar surface area (TPSA) is 0 Å². The molecule has 1 atom stereocenters. The maximum Gasteiger partial charge on any atom is 1.00 e. The standard InChI is InChI=1S/C10H11BF3.K/c12-11(13,14)10(9-6-7-9)8-4-2-1-3-5-8;/h1-5,9-10H,6-7H2;/q-1;+1. The van der Waals surface area contributed by atoms with Crippen molar-refractivity contribution in [2.45, 2.75) is 18.7 Å². The van der Waals surface area contributed by atoms with Gasteiger partial charge in [-0.2, -0.15) is 0 Å². The molecule has 1 aromatic carbocycles. The maximum absolute atomic E-state index is 12.8. The SMILES string of the molecule is F[B-](F)(F)C(c1ccccc1)C1CC1.[K+]. The minimum Gasteiger partial charge on any atom is -0.448 e. The third kappa shape index (κ3) is 3.60. The first-order valence-electron chi connectivity index (χ1n) is 4.84. The molecule has 1 unspecified atom stereocenters. The second-order valence-corrected chi connectivity index (χ2v) is 3.90. The van der Waals surface area contributed by atoms with Crippen molar-refractivity contribution in [2.24, 2.45) is 5.92 Å². The van der Waals surface area contributed by atoms with Crippen LogP contribution in [-0.2, 0) is 0 Å². The van der Waals surface area contributed by atoms with Gasteiger partial charge >= 0.3 is 58.4 Å². The summed E-state index contributed by atoms with van der Waals surface area (Å²) in [4.78, 5) is 0. The summed E-state index contributed by atoms with van der Waals surface area (Å²) in [5, 5.41) is 0. The number of hydrogen-bond donors (Lipinski definition) is 0. The molecule has 0 nitrogen and oxygen atoms in total. The Bertz CT molecular complexity index is 308. The van der Waals surface area contributed by atoms with E-state index < -0.39 is 12.8 Å². The van der Waals surface area contributed by atoms with Crippen LogP contribution in [0.15, 0.2) is 30.3 Å². The van der Waals surface area contributed by atoms with Gasteiger partial charge < -0.3 is 12.9 Å². The number of rotatable bonds is 3. The Kier molecular flexibility index (Phi) is 4.92. The molecule has 0 bridgehead atoms. The van der Waals surface area contributed by atoms with Crippen molar-refractivity contribution in [1.29, 1.82) is 0 Å². The average Bonchev–Trinajstić information content (AvgIpc) is 2.88. The Labute approximate surface area is 130 Å². The van der Waals surface area contributed by atoms with Gasteiger partial charge in [0.25, 0.3) is 0 Å². The molecule has 2 rings (SSSR count). The van der Waals surface area contributed by atoms with Crippen molar-refractivity contribution < 1.29 is 64.3 Å². The minimum atomic E-state index is -4.74. The van der Waals surface area contributed by atoms with E-state index in [1.807, 2.05) is 0 Å². The Morgan fingerprint density at radius 3 is 2.00 bits per heavy atom. The molecule has 5 heteroatoms. The predicted octanol–water partition coefficient (Wildman–Crippen LogP) is 0.571. The van der Waals surface area contributed by atoms with E-state index in [1.54, 1.807) is 30.3 Å². The molecule has 0 spiro atoms. The quantitative estimate of drug-likeness (QED) is 0.675. The Balaban J connectivity index is 0.00000112. The molecule has 1 saturated carbocycles. The van der Waals surface area contributed by atoms with Crippen LogP contribution in [0, 0.1) is 5.92 Å². The summed E-state index contributed by atoms with van der Waals surface area (Å²) in [6, 6.07) is 8.26. The molecule has 0 amide bonds. The van der Waals surface area contributed by atoms with E-state index in [2.05, 4.69) is 0 Å². The molecule has 1 aromatic rings. The van der Waals surface area contributed by atoms with Crippen LogP contribution >= 0.6 is 0 Å². The van der Waals surface area contributed by atoms with Crippen LogP contribution < -0.4 is 51.4 Å². The van der Waals surface area contributed by atoms with Crippen molar-refractivity contribution in [1.82, 2.24) is 0 Å². The maximum atomic E-state index is 12.8. The van der Waals surface area contributed by atoms with Crippen molar-refractivity contribution in [3.8, 4) is 0 Å². The predicted molar refractivity (Wildman–Crippen MR) is 51.0 cm³/mol. The summed E-state index contributed by atoms with van der Waals surface area (Å²) < 4.78 is 38.3. The van der Waals surface area contributed by atoms with Crippen LogP contribution in [0.4, 0.5) is 12.9 Å². The van der Waals surface area contributed by atoms with E-state index in [1.165, 1.54) is 0 Å². The molecule has 0 radical (unpaired) electrons. The van der Waals surface area contributed by atoms with E-state index in [9.17, 15) is 12.9 Å². The first kappa shape index (κ1) is 13.8. The van der Waals surface area contributed by atoms with Gasteiger partial charge in [0, 0.05) is 0 Å². The second-order valence-electron chi connectivity index (χ2n) is 3.90. The molecule has 0 aromatic heterocycles. The molecule has 76 valence electrons. The van der Waals surface area contributed by atoms with Gasteiger partial charge in [-0.25, -0.2) is 0 Å². The molecule has 0 saturated heterocycles. The van der Waals surface area contributed by atoms with Gasteiger partial charge in [-0.1, -0.05) is 54.7 Å². The molecule has 0 heterocycles. The van der Waals surface area contributed by atoms with E-state index in [0.717, 1.165) is 12.8 Å². The Morgan fingerprint density at radius 1 is 1.07 bits per heavy atom.